The van der Waals surface area contributed by atoms with Crippen molar-refractivity contribution in [1.29, 1.82) is 0 Å². The molecule has 0 radical (unpaired) electrons. The Morgan fingerprint density at radius 2 is 1.27 bits per heavy atom. The molecule has 37 heavy (non-hydrogen) atoms. The van der Waals surface area contributed by atoms with Crippen LogP contribution in [0.1, 0.15) is 35.1 Å². The average Bonchev–Trinajstić information content (AvgIpc) is 3.46. The van der Waals surface area contributed by atoms with E-state index in [1.54, 1.807) is 64.5 Å². The zero-order valence-electron chi connectivity index (χ0n) is 21.2. The fourth-order valence-electron chi connectivity index (χ4n) is 4.11. The van der Waals surface area contributed by atoms with Crippen molar-refractivity contribution in [3.63, 3.8) is 0 Å². The number of benzene rings is 2. The molecule has 0 bridgehead atoms. The van der Waals surface area contributed by atoms with E-state index in [1.807, 2.05) is 30.8 Å². The minimum absolute atomic E-state index is 0.0464. The number of rotatable bonds is 8. The van der Waals surface area contributed by atoms with E-state index in [9.17, 15) is 18.0 Å². The largest absolute Gasteiger partial charge is 0.348 e. The summed E-state index contributed by atoms with van der Waals surface area (Å²) in [6.07, 6.45) is 7.21. The number of nitrogens with zero attached hydrogens (tertiary/aromatic N) is 4. The molecule has 2 aromatic heterocycles. The molecule has 0 aliphatic heterocycles. The molecule has 0 saturated carbocycles. The Hall–Kier alpha value is -4.25. The number of aryl methyl sites for hydroxylation is 4. The Morgan fingerprint density at radius 3 is 1.78 bits per heavy atom. The van der Waals surface area contributed by atoms with Gasteiger partial charge in [0.15, 0.2) is 0 Å². The first-order valence-corrected chi connectivity index (χ1v) is 13.3. The maximum atomic E-state index is 13.3. The maximum Gasteiger partial charge on any atom is 0.348 e. The van der Waals surface area contributed by atoms with Crippen LogP contribution in [-0.2, 0) is 37.0 Å². The third kappa shape index (κ3) is 5.17. The molecule has 2 N–H and O–H groups in total. The van der Waals surface area contributed by atoms with Crippen molar-refractivity contribution in [2.75, 3.05) is 10.6 Å². The van der Waals surface area contributed by atoms with E-state index in [0.29, 0.717) is 36.1 Å². The van der Waals surface area contributed by atoms with Gasteiger partial charge in [-0.05, 0) is 56.3 Å². The van der Waals surface area contributed by atoms with Gasteiger partial charge in [-0.3, -0.25) is 9.59 Å². The van der Waals surface area contributed by atoms with Crippen molar-refractivity contribution in [2.24, 2.45) is 14.1 Å². The number of imidazole rings is 2. The van der Waals surface area contributed by atoms with Gasteiger partial charge in [0.05, 0.1) is 37.0 Å². The lowest BCUT2D eigenvalue weighted by Gasteiger charge is -2.09. The Bertz CT molecular complexity index is 1570. The van der Waals surface area contributed by atoms with Gasteiger partial charge in [-0.25, -0.2) is 26.7 Å². The number of anilines is 2. The van der Waals surface area contributed by atoms with Gasteiger partial charge in [-0.1, -0.05) is 6.07 Å². The Balaban J connectivity index is 1.52. The van der Waals surface area contributed by atoms with Crippen LogP contribution in [0.4, 0.5) is 11.4 Å². The lowest BCUT2D eigenvalue weighted by Crippen LogP contribution is -2.37. The monoisotopic (exact) mass is 522 g/mol. The highest BCUT2D eigenvalue weighted by Crippen LogP contribution is 2.25. The molecule has 4 aromatic rings. The van der Waals surface area contributed by atoms with Crippen molar-refractivity contribution < 1.29 is 27.1 Å². The summed E-state index contributed by atoms with van der Waals surface area (Å²) in [4.78, 5) is 25.7. The van der Waals surface area contributed by atoms with E-state index in [4.69, 9.17) is 0 Å². The summed E-state index contributed by atoms with van der Waals surface area (Å²) in [5.41, 5.74) is 0.839. The van der Waals surface area contributed by atoms with Crippen LogP contribution in [0.25, 0.3) is 0 Å². The number of carbonyl (C=O) groups is 2. The summed E-state index contributed by atoms with van der Waals surface area (Å²) in [5, 5.41) is 5.59. The van der Waals surface area contributed by atoms with Crippen LogP contribution in [0, 0.1) is 0 Å². The van der Waals surface area contributed by atoms with Crippen LogP contribution in [-0.4, -0.2) is 29.4 Å². The first-order valence-electron chi connectivity index (χ1n) is 11.8. The van der Waals surface area contributed by atoms with Gasteiger partial charge in [0.25, 0.3) is 0 Å². The van der Waals surface area contributed by atoms with Gasteiger partial charge < -0.3 is 10.6 Å². The smallest absolute Gasteiger partial charge is 0.315 e. The van der Waals surface area contributed by atoms with Gasteiger partial charge in [-0.2, -0.15) is 0 Å². The SMILES string of the molecule is CCn1cc[n+](C)c1C(=O)Nc1ccc(S(=O)(=O)c2cccc(NC(=O)c3n(CC)cc[n+]3C)c2)cc1. The fourth-order valence-corrected chi connectivity index (χ4v) is 5.42. The third-order valence-electron chi connectivity index (χ3n) is 6.06. The van der Waals surface area contributed by atoms with E-state index in [2.05, 4.69) is 10.6 Å². The molecule has 2 amide bonds. The summed E-state index contributed by atoms with van der Waals surface area (Å²) in [6, 6.07) is 12.1. The number of aromatic nitrogens is 4. The molecule has 11 heteroatoms. The van der Waals surface area contributed by atoms with E-state index < -0.39 is 9.84 Å². The van der Waals surface area contributed by atoms with Crippen LogP contribution >= 0.6 is 0 Å². The lowest BCUT2D eigenvalue weighted by molar-refractivity contribution is -0.672. The van der Waals surface area contributed by atoms with Crippen LogP contribution in [0.5, 0.6) is 0 Å². The zero-order valence-corrected chi connectivity index (χ0v) is 22.0. The molecule has 0 atom stereocenters. The van der Waals surface area contributed by atoms with E-state index >= 15 is 0 Å². The minimum atomic E-state index is -3.86. The standard InChI is InChI=1S/C26H28N6O4S/c1-5-31-16-14-29(3)25(31)23(33)27-19-10-12-21(13-11-19)37(35,36)22-9-7-8-20(18-22)28-24(34)26-30(4)15-17-32(26)6-2/h7-18H,5-6H2,1-4H3/p+2. The molecular weight excluding hydrogens is 492 g/mol. The first-order chi connectivity index (χ1) is 17.6. The predicted molar refractivity (Wildman–Crippen MR) is 137 cm³/mol. The highest BCUT2D eigenvalue weighted by molar-refractivity contribution is 7.91. The number of amides is 2. The Morgan fingerprint density at radius 1 is 0.757 bits per heavy atom. The molecule has 10 nitrogen and oxygen atoms in total. The second-order valence-electron chi connectivity index (χ2n) is 8.50. The quantitative estimate of drug-likeness (QED) is 0.346. The maximum absolute atomic E-state index is 13.3. The molecule has 0 aliphatic carbocycles. The lowest BCUT2D eigenvalue weighted by atomic mass is 10.3. The summed E-state index contributed by atoms with van der Waals surface area (Å²) < 4.78 is 33.6. The van der Waals surface area contributed by atoms with Gasteiger partial charge >= 0.3 is 23.5 Å². The summed E-state index contributed by atoms with van der Waals surface area (Å²) in [5.74, 6) is 0.300. The molecule has 0 aliphatic rings. The second-order valence-corrected chi connectivity index (χ2v) is 10.5. The van der Waals surface area contributed by atoms with Gasteiger partial charge in [0.2, 0.25) is 9.84 Å². The molecule has 0 saturated heterocycles. The van der Waals surface area contributed by atoms with Gasteiger partial charge in [-0.15, -0.1) is 0 Å². The van der Waals surface area contributed by atoms with Crippen LogP contribution in [0.2, 0.25) is 0 Å². The number of hydrogen-bond acceptors (Lipinski definition) is 4. The van der Waals surface area contributed by atoms with Crippen molar-refractivity contribution in [1.82, 2.24) is 9.13 Å². The van der Waals surface area contributed by atoms with E-state index in [0.717, 1.165) is 0 Å². The third-order valence-corrected chi connectivity index (χ3v) is 7.83. The molecular formula is C26H30N6O4S+2. The molecule has 2 heterocycles. The fraction of sp³-hybridized carbons (Fsp3) is 0.231. The number of carbonyl (C=O) groups excluding carboxylic acids is 2. The highest BCUT2D eigenvalue weighted by Gasteiger charge is 2.25. The van der Waals surface area contributed by atoms with Crippen molar-refractivity contribution in [3.8, 4) is 0 Å². The van der Waals surface area contributed by atoms with E-state index in [1.165, 1.54) is 24.3 Å². The van der Waals surface area contributed by atoms with Gasteiger partial charge in [0.1, 0.15) is 24.8 Å². The highest BCUT2D eigenvalue weighted by atomic mass is 32.2. The number of hydrogen-bond donors (Lipinski definition) is 2. The normalized spacial score (nSPS) is 11.4. The predicted octanol–water partition coefficient (Wildman–Crippen LogP) is 2.32. The van der Waals surface area contributed by atoms with Gasteiger partial charge in [0, 0.05) is 11.4 Å². The topological polar surface area (TPSA) is 110 Å². The molecule has 0 unspecified atom stereocenters. The summed E-state index contributed by atoms with van der Waals surface area (Å²) in [7, 11) is -0.301. The molecule has 0 fully saturated rings. The minimum Gasteiger partial charge on any atom is -0.315 e. The molecule has 192 valence electrons. The molecule has 2 aromatic carbocycles. The second kappa shape index (κ2) is 10.4. The van der Waals surface area contributed by atoms with Crippen molar-refractivity contribution in [3.05, 3.63) is 85.0 Å². The zero-order chi connectivity index (χ0) is 26.7. The molecule has 0 spiro atoms. The molecule has 4 rings (SSSR count). The van der Waals surface area contributed by atoms with Crippen LogP contribution < -0.4 is 19.8 Å². The van der Waals surface area contributed by atoms with Crippen LogP contribution in [0.3, 0.4) is 0 Å². The number of sulfone groups is 1. The average molecular weight is 523 g/mol. The van der Waals surface area contributed by atoms with Crippen molar-refractivity contribution in [2.45, 2.75) is 36.7 Å². The summed E-state index contributed by atoms with van der Waals surface area (Å²) in [6.45, 7) is 5.14. The Labute approximate surface area is 215 Å². The van der Waals surface area contributed by atoms with E-state index in [-0.39, 0.29) is 21.6 Å². The summed E-state index contributed by atoms with van der Waals surface area (Å²) >= 11 is 0. The van der Waals surface area contributed by atoms with Crippen molar-refractivity contribution >= 4 is 33.0 Å². The Kier molecular flexibility index (Phi) is 7.25. The van der Waals surface area contributed by atoms with Crippen LogP contribution in [0.15, 0.2) is 83.1 Å². The number of nitrogens with one attached hydrogen (secondary N) is 2. The first kappa shape index (κ1) is 25.8.